The van der Waals surface area contributed by atoms with E-state index in [4.69, 9.17) is 0 Å². The predicted octanol–water partition coefficient (Wildman–Crippen LogP) is 3.64. The molecule has 0 saturated carbocycles. The molecule has 0 aromatic carbocycles. The van der Waals surface area contributed by atoms with Crippen LogP contribution in [0.5, 0.6) is 0 Å². The third-order valence-corrected chi connectivity index (χ3v) is 3.72. The molecule has 1 nitrogen and oxygen atoms in total. The zero-order valence-corrected chi connectivity index (χ0v) is 10.5. The first-order chi connectivity index (χ1) is 6.67. The lowest BCUT2D eigenvalue weighted by Gasteiger charge is -2.14. The molecule has 0 aliphatic carbocycles. The van der Waals surface area contributed by atoms with Gasteiger partial charge in [0.15, 0.2) is 0 Å². The minimum absolute atomic E-state index is 0.676. The van der Waals surface area contributed by atoms with E-state index in [1.54, 1.807) is 0 Å². The first-order valence-corrected chi connectivity index (χ1v) is 6.28. The molecule has 0 saturated heterocycles. The van der Waals surface area contributed by atoms with Crippen molar-refractivity contribution in [3.63, 3.8) is 0 Å². The highest BCUT2D eigenvalue weighted by Gasteiger charge is 2.05. The van der Waals surface area contributed by atoms with Crippen LogP contribution in [-0.4, -0.2) is 6.04 Å². The number of hydrogen-bond acceptors (Lipinski definition) is 2. The molecule has 1 rings (SSSR count). The van der Waals surface area contributed by atoms with Crippen LogP contribution >= 0.6 is 11.3 Å². The standard InChI is InChI=1S/C12H21NS/c1-5-12(6-2)13-8-11-7-9(3)14-10(11)4/h7,12-13H,5-6,8H2,1-4H3. The Morgan fingerprint density at radius 2 is 1.93 bits per heavy atom. The summed E-state index contributed by atoms with van der Waals surface area (Å²) in [6.07, 6.45) is 2.44. The van der Waals surface area contributed by atoms with Crippen LogP contribution in [0.2, 0.25) is 0 Å². The van der Waals surface area contributed by atoms with E-state index < -0.39 is 0 Å². The molecule has 0 aliphatic rings. The average Bonchev–Trinajstić information content (AvgIpc) is 2.47. The Morgan fingerprint density at radius 3 is 2.36 bits per heavy atom. The van der Waals surface area contributed by atoms with Gasteiger partial charge in [0.1, 0.15) is 0 Å². The molecule has 1 aromatic rings. The summed E-state index contributed by atoms with van der Waals surface area (Å²) in [5.41, 5.74) is 1.47. The van der Waals surface area contributed by atoms with Crippen molar-refractivity contribution in [3.05, 3.63) is 21.4 Å². The van der Waals surface area contributed by atoms with Crippen LogP contribution in [0.15, 0.2) is 6.07 Å². The fourth-order valence-corrected chi connectivity index (χ4v) is 2.64. The van der Waals surface area contributed by atoms with E-state index in [0.717, 1.165) is 6.54 Å². The van der Waals surface area contributed by atoms with E-state index in [0.29, 0.717) is 6.04 Å². The predicted molar refractivity (Wildman–Crippen MR) is 65.0 cm³/mol. The van der Waals surface area contributed by atoms with Crippen molar-refractivity contribution in [2.75, 3.05) is 0 Å². The quantitative estimate of drug-likeness (QED) is 0.784. The molecular formula is C12H21NS. The molecule has 0 bridgehead atoms. The van der Waals surface area contributed by atoms with Gasteiger partial charge in [0.25, 0.3) is 0 Å². The lowest BCUT2D eigenvalue weighted by Crippen LogP contribution is -2.26. The lowest BCUT2D eigenvalue weighted by atomic mass is 10.1. The van der Waals surface area contributed by atoms with Gasteiger partial charge in [0.05, 0.1) is 0 Å². The molecule has 0 amide bonds. The topological polar surface area (TPSA) is 12.0 Å². The molecule has 1 aromatic heterocycles. The summed E-state index contributed by atoms with van der Waals surface area (Å²) in [5, 5.41) is 3.60. The first kappa shape index (κ1) is 11.7. The van der Waals surface area contributed by atoms with Gasteiger partial charge in [-0.2, -0.15) is 0 Å². The monoisotopic (exact) mass is 211 g/mol. The highest BCUT2D eigenvalue weighted by molar-refractivity contribution is 7.12. The normalized spacial score (nSPS) is 11.2. The van der Waals surface area contributed by atoms with Crippen molar-refractivity contribution < 1.29 is 0 Å². The maximum Gasteiger partial charge on any atom is 0.0219 e. The Balaban J connectivity index is 2.48. The van der Waals surface area contributed by atoms with E-state index in [1.165, 1.54) is 28.2 Å². The van der Waals surface area contributed by atoms with E-state index in [2.05, 4.69) is 39.1 Å². The van der Waals surface area contributed by atoms with Crippen LogP contribution in [0.1, 0.15) is 42.0 Å². The van der Waals surface area contributed by atoms with Crippen molar-refractivity contribution in [3.8, 4) is 0 Å². The van der Waals surface area contributed by atoms with Crippen LogP contribution in [0.4, 0.5) is 0 Å². The summed E-state index contributed by atoms with van der Waals surface area (Å²) >= 11 is 1.90. The highest BCUT2D eigenvalue weighted by atomic mass is 32.1. The smallest absolute Gasteiger partial charge is 0.0219 e. The van der Waals surface area contributed by atoms with Gasteiger partial charge in [0.2, 0.25) is 0 Å². The Morgan fingerprint density at radius 1 is 1.29 bits per heavy atom. The second-order valence-corrected chi connectivity index (χ2v) is 5.29. The second-order valence-electron chi connectivity index (χ2n) is 3.83. The van der Waals surface area contributed by atoms with Crippen LogP contribution in [0.3, 0.4) is 0 Å². The second kappa shape index (κ2) is 5.52. The summed E-state index contributed by atoms with van der Waals surface area (Å²) in [4.78, 5) is 2.88. The van der Waals surface area contributed by atoms with Gasteiger partial charge in [-0.25, -0.2) is 0 Å². The Labute approximate surface area is 91.5 Å². The van der Waals surface area contributed by atoms with Gasteiger partial charge in [-0.15, -0.1) is 11.3 Å². The minimum atomic E-state index is 0.676. The zero-order valence-electron chi connectivity index (χ0n) is 9.68. The van der Waals surface area contributed by atoms with Gasteiger partial charge >= 0.3 is 0 Å². The summed E-state index contributed by atoms with van der Waals surface area (Å²) in [6, 6.07) is 2.98. The molecule has 0 spiro atoms. The van der Waals surface area contributed by atoms with E-state index in [9.17, 15) is 0 Å². The average molecular weight is 211 g/mol. The van der Waals surface area contributed by atoms with Crippen molar-refractivity contribution in [1.29, 1.82) is 0 Å². The van der Waals surface area contributed by atoms with Crippen LogP contribution in [0.25, 0.3) is 0 Å². The number of thiophene rings is 1. The van der Waals surface area contributed by atoms with Crippen molar-refractivity contribution in [2.45, 2.75) is 53.1 Å². The van der Waals surface area contributed by atoms with Crippen LogP contribution in [-0.2, 0) is 6.54 Å². The maximum atomic E-state index is 3.60. The molecule has 2 heteroatoms. The highest BCUT2D eigenvalue weighted by Crippen LogP contribution is 2.20. The first-order valence-electron chi connectivity index (χ1n) is 5.46. The van der Waals surface area contributed by atoms with E-state index >= 15 is 0 Å². The largest absolute Gasteiger partial charge is 0.310 e. The van der Waals surface area contributed by atoms with E-state index in [-0.39, 0.29) is 0 Å². The van der Waals surface area contributed by atoms with Gasteiger partial charge in [-0.1, -0.05) is 13.8 Å². The van der Waals surface area contributed by atoms with Gasteiger partial charge in [-0.05, 0) is 38.3 Å². The maximum absolute atomic E-state index is 3.60. The van der Waals surface area contributed by atoms with Crippen molar-refractivity contribution in [1.82, 2.24) is 5.32 Å². The molecule has 80 valence electrons. The zero-order chi connectivity index (χ0) is 10.6. The van der Waals surface area contributed by atoms with E-state index in [1.807, 2.05) is 11.3 Å². The molecule has 0 fully saturated rings. The molecule has 1 heterocycles. The Kier molecular flexibility index (Phi) is 4.63. The van der Waals surface area contributed by atoms with Crippen LogP contribution in [0, 0.1) is 13.8 Å². The van der Waals surface area contributed by atoms with Crippen molar-refractivity contribution in [2.24, 2.45) is 0 Å². The number of aryl methyl sites for hydroxylation is 2. The minimum Gasteiger partial charge on any atom is -0.310 e. The number of nitrogens with one attached hydrogen (secondary N) is 1. The molecule has 0 aliphatic heterocycles. The number of rotatable bonds is 5. The van der Waals surface area contributed by atoms with Crippen molar-refractivity contribution >= 4 is 11.3 Å². The summed E-state index contributed by atoms with van der Waals surface area (Å²) in [7, 11) is 0. The summed E-state index contributed by atoms with van der Waals surface area (Å²) < 4.78 is 0. The fraction of sp³-hybridized carbons (Fsp3) is 0.667. The molecule has 0 radical (unpaired) electrons. The SMILES string of the molecule is CCC(CC)NCc1cc(C)sc1C. The van der Waals surface area contributed by atoms with Gasteiger partial charge in [-0.3, -0.25) is 0 Å². The lowest BCUT2D eigenvalue weighted by molar-refractivity contribution is 0.484. The molecule has 0 unspecified atom stereocenters. The molecule has 14 heavy (non-hydrogen) atoms. The van der Waals surface area contributed by atoms with Gasteiger partial charge < -0.3 is 5.32 Å². The Hall–Kier alpha value is -0.340. The summed E-state index contributed by atoms with van der Waals surface area (Å²) in [5.74, 6) is 0. The Bertz CT molecular complexity index is 274. The fourth-order valence-electron chi connectivity index (χ4n) is 1.69. The third kappa shape index (κ3) is 3.10. The molecule has 1 N–H and O–H groups in total. The van der Waals surface area contributed by atoms with Gasteiger partial charge in [0, 0.05) is 22.3 Å². The van der Waals surface area contributed by atoms with Crippen LogP contribution < -0.4 is 5.32 Å². The molecule has 0 atom stereocenters. The third-order valence-electron chi connectivity index (χ3n) is 2.71. The number of hydrogen-bond donors (Lipinski definition) is 1. The molecular weight excluding hydrogens is 190 g/mol. The summed E-state index contributed by atoms with van der Waals surface area (Å²) in [6.45, 7) is 9.90.